The first kappa shape index (κ1) is 14.9. The number of hydrogen-bond acceptors (Lipinski definition) is 3. The van der Waals surface area contributed by atoms with Gasteiger partial charge in [0.1, 0.15) is 0 Å². The molecule has 0 saturated heterocycles. The maximum absolute atomic E-state index is 5.65. The highest BCUT2D eigenvalue weighted by Gasteiger charge is 2.28. The molecule has 1 saturated carbocycles. The Kier molecular flexibility index (Phi) is 7.09. The summed E-state index contributed by atoms with van der Waals surface area (Å²) in [6, 6.07) is 0.342. The van der Waals surface area contributed by atoms with Gasteiger partial charge in [0.25, 0.3) is 0 Å². The summed E-state index contributed by atoms with van der Waals surface area (Å²) < 4.78 is 5.62. The van der Waals surface area contributed by atoms with Crippen molar-refractivity contribution in [1.82, 2.24) is 5.43 Å². The van der Waals surface area contributed by atoms with E-state index in [0.717, 1.165) is 31.5 Å². The Labute approximate surface area is 106 Å². The van der Waals surface area contributed by atoms with Crippen molar-refractivity contribution in [3.05, 3.63) is 0 Å². The number of ether oxygens (including phenoxy) is 1. The van der Waals surface area contributed by atoms with Crippen molar-refractivity contribution in [2.24, 2.45) is 23.6 Å². The number of hydrazine groups is 1. The van der Waals surface area contributed by atoms with E-state index >= 15 is 0 Å². The van der Waals surface area contributed by atoms with Crippen LogP contribution in [0, 0.1) is 17.8 Å². The topological polar surface area (TPSA) is 47.3 Å². The molecule has 1 fully saturated rings. The molecule has 1 unspecified atom stereocenters. The van der Waals surface area contributed by atoms with Gasteiger partial charge in [-0.05, 0) is 49.9 Å². The van der Waals surface area contributed by atoms with Crippen LogP contribution in [0.4, 0.5) is 0 Å². The molecule has 0 aromatic heterocycles. The average molecular weight is 242 g/mol. The van der Waals surface area contributed by atoms with E-state index < -0.39 is 0 Å². The lowest BCUT2D eigenvalue weighted by molar-refractivity contribution is 0.0767. The van der Waals surface area contributed by atoms with E-state index in [9.17, 15) is 0 Å². The van der Waals surface area contributed by atoms with Gasteiger partial charge in [-0.25, -0.2) is 0 Å². The Hall–Kier alpha value is -0.120. The summed E-state index contributed by atoms with van der Waals surface area (Å²) in [6.45, 7) is 8.43. The molecule has 0 heterocycles. The highest BCUT2D eigenvalue weighted by Crippen LogP contribution is 2.34. The van der Waals surface area contributed by atoms with E-state index in [1.165, 1.54) is 25.7 Å². The fourth-order valence-corrected chi connectivity index (χ4v) is 2.89. The van der Waals surface area contributed by atoms with Crippen molar-refractivity contribution >= 4 is 0 Å². The fourth-order valence-electron chi connectivity index (χ4n) is 2.89. The third-order valence-corrected chi connectivity index (χ3v) is 4.19. The van der Waals surface area contributed by atoms with Gasteiger partial charge >= 0.3 is 0 Å². The summed E-state index contributed by atoms with van der Waals surface area (Å²) in [5, 5.41) is 0. The Morgan fingerprint density at radius 1 is 1.18 bits per heavy atom. The van der Waals surface area contributed by atoms with E-state index in [-0.39, 0.29) is 0 Å². The van der Waals surface area contributed by atoms with Gasteiger partial charge < -0.3 is 4.74 Å². The maximum atomic E-state index is 5.65. The second-order valence-corrected chi connectivity index (χ2v) is 5.77. The molecule has 3 nitrogen and oxygen atoms in total. The van der Waals surface area contributed by atoms with E-state index in [0.29, 0.717) is 12.0 Å². The van der Waals surface area contributed by atoms with Gasteiger partial charge in [-0.3, -0.25) is 11.3 Å². The Bertz CT molecular complexity index is 189. The molecule has 102 valence electrons. The summed E-state index contributed by atoms with van der Waals surface area (Å²) in [7, 11) is 0. The number of nitrogens with two attached hydrogens (primary N) is 1. The predicted octanol–water partition coefficient (Wildman–Crippen LogP) is 2.71. The number of nitrogens with one attached hydrogen (secondary N) is 1. The van der Waals surface area contributed by atoms with Crippen LogP contribution in [0.5, 0.6) is 0 Å². The summed E-state index contributed by atoms with van der Waals surface area (Å²) in [6.07, 6.45) is 6.39. The Morgan fingerprint density at radius 3 is 2.24 bits per heavy atom. The van der Waals surface area contributed by atoms with Crippen molar-refractivity contribution < 1.29 is 4.74 Å². The average Bonchev–Trinajstić information content (AvgIpc) is 2.35. The molecule has 0 amide bonds. The van der Waals surface area contributed by atoms with Gasteiger partial charge in [0, 0.05) is 12.6 Å². The highest BCUT2D eigenvalue weighted by atomic mass is 16.5. The van der Waals surface area contributed by atoms with Crippen LogP contribution in [0.2, 0.25) is 0 Å². The van der Waals surface area contributed by atoms with Crippen LogP contribution < -0.4 is 11.3 Å². The molecule has 1 rings (SSSR count). The second kappa shape index (κ2) is 8.06. The molecule has 1 atom stereocenters. The molecule has 0 aromatic rings. The largest absolute Gasteiger partial charge is 0.380 e. The van der Waals surface area contributed by atoms with Crippen LogP contribution in [0.15, 0.2) is 0 Å². The number of rotatable bonds is 7. The standard InChI is InChI=1S/C14H30N2O/c1-4-9-17-10-14(16-15)13-7-5-12(6-8-13)11(2)3/h11-14,16H,4-10,15H2,1-3H3. The minimum absolute atomic E-state index is 0.342. The monoisotopic (exact) mass is 242 g/mol. The summed E-state index contributed by atoms with van der Waals surface area (Å²) in [5.74, 6) is 8.10. The summed E-state index contributed by atoms with van der Waals surface area (Å²) >= 11 is 0. The molecule has 1 aliphatic carbocycles. The van der Waals surface area contributed by atoms with Crippen LogP contribution in [-0.4, -0.2) is 19.3 Å². The van der Waals surface area contributed by atoms with Crippen LogP contribution >= 0.6 is 0 Å². The lowest BCUT2D eigenvalue weighted by atomic mass is 9.75. The predicted molar refractivity (Wildman–Crippen MR) is 72.5 cm³/mol. The first-order valence-corrected chi connectivity index (χ1v) is 7.22. The molecule has 0 bridgehead atoms. The van der Waals surface area contributed by atoms with E-state index in [2.05, 4.69) is 26.2 Å². The maximum Gasteiger partial charge on any atom is 0.0635 e. The van der Waals surface area contributed by atoms with Crippen molar-refractivity contribution in [3.8, 4) is 0 Å². The van der Waals surface area contributed by atoms with Crippen LogP contribution in [-0.2, 0) is 4.74 Å². The Morgan fingerprint density at radius 2 is 1.76 bits per heavy atom. The minimum atomic E-state index is 0.342. The zero-order valence-corrected chi connectivity index (χ0v) is 11.7. The first-order valence-electron chi connectivity index (χ1n) is 7.22. The van der Waals surface area contributed by atoms with E-state index in [1.54, 1.807) is 0 Å². The van der Waals surface area contributed by atoms with Gasteiger partial charge in [-0.15, -0.1) is 0 Å². The molecule has 3 N–H and O–H groups in total. The molecular formula is C14H30N2O. The van der Waals surface area contributed by atoms with Gasteiger partial charge in [-0.1, -0.05) is 20.8 Å². The van der Waals surface area contributed by atoms with Gasteiger partial charge in [0.05, 0.1) is 6.61 Å². The van der Waals surface area contributed by atoms with Crippen molar-refractivity contribution in [3.63, 3.8) is 0 Å². The SMILES string of the molecule is CCCOCC(NN)C1CCC(C(C)C)CC1. The molecule has 0 aromatic carbocycles. The highest BCUT2D eigenvalue weighted by molar-refractivity contribution is 4.81. The zero-order valence-electron chi connectivity index (χ0n) is 11.7. The molecular weight excluding hydrogens is 212 g/mol. The minimum Gasteiger partial charge on any atom is -0.380 e. The van der Waals surface area contributed by atoms with Crippen LogP contribution in [0.3, 0.4) is 0 Å². The van der Waals surface area contributed by atoms with E-state index in [1.807, 2.05) is 0 Å². The lowest BCUT2D eigenvalue weighted by Gasteiger charge is -2.35. The molecule has 1 aliphatic rings. The van der Waals surface area contributed by atoms with Crippen LogP contribution in [0.1, 0.15) is 52.9 Å². The van der Waals surface area contributed by atoms with Crippen LogP contribution in [0.25, 0.3) is 0 Å². The first-order chi connectivity index (χ1) is 8.19. The van der Waals surface area contributed by atoms with Crippen molar-refractivity contribution in [2.45, 2.75) is 58.9 Å². The number of hydrogen-bond donors (Lipinski definition) is 2. The summed E-state index contributed by atoms with van der Waals surface area (Å²) in [4.78, 5) is 0. The van der Waals surface area contributed by atoms with Crippen molar-refractivity contribution in [2.75, 3.05) is 13.2 Å². The smallest absolute Gasteiger partial charge is 0.0635 e. The van der Waals surface area contributed by atoms with Gasteiger partial charge in [0.2, 0.25) is 0 Å². The second-order valence-electron chi connectivity index (χ2n) is 5.77. The zero-order chi connectivity index (χ0) is 12.7. The molecule has 0 radical (unpaired) electrons. The van der Waals surface area contributed by atoms with Crippen molar-refractivity contribution in [1.29, 1.82) is 0 Å². The molecule has 0 spiro atoms. The molecule has 3 heteroatoms. The normalized spacial score (nSPS) is 27.4. The molecule has 17 heavy (non-hydrogen) atoms. The third kappa shape index (κ3) is 4.94. The Balaban J connectivity index is 2.29. The third-order valence-electron chi connectivity index (χ3n) is 4.19. The fraction of sp³-hybridized carbons (Fsp3) is 1.00. The lowest BCUT2D eigenvalue weighted by Crippen LogP contribution is -2.45. The quantitative estimate of drug-likeness (QED) is 0.410. The van der Waals surface area contributed by atoms with Gasteiger partial charge in [0.15, 0.2) is 0 Å². The van der Waals surface area contributed by atoms with Gasteiger partial charge in [-0.2, -0.15) is 0 Å². The summed E-state index contributed by atoms with van der Waals surface area (Å²) in [5.41, 5.74) is 2.95. The van der Waals surface area contributed by atoms with E-state index in [4.69, 9.17) is 10.6 Å². The molecule has 0 aliphatic heterocycles.